The quantitative estimate of drug-likeness (QED) is 0.418. The number of hydrogen-bond donors (Lipinski definition) is 1. The van der Waals surface area contributed by atoms with Crippen LogP contribution in [-0.4, -0.2) is 51.7 Å². The number of fused-ring (bicyclic) bond motifs is 1. The zero-order valence-electron chi connectivity index (χ0n) is 17.3. The highest BCUT2D eigenvalue weighted by Gasteiger charge is 2.19. The summed E-state index contributed by atoms with van der Waals surface area (Å²) in [6, 6.07) is 6.01. The van der Waals surface area contributed by atoms with Gasteiger partial charge in [0.2, 0.25) is 0 Å². The summed E-state index contributed by atoms with van der Waals surface area (Å²) in [6.07, 6.45) is 5.97. The Balaban J connectivity index is 1.74. The molecule has 0 spiro atoms. The van der Waals surface area contributed by atoms with Crippen LogP contribution in [0.5, 0.6) is 11.5 Å². The summed E-state index contributed by atoms with van der Waals surface area (Å²) in [5, 5.41) is -0.0457. The summed E-state index contributed by atoms with van der Waals surface area (Å²) in [5.41, 5.74) is 1.83. The lowest BCUT2D eigenvalue weighted by Gasteiger charge is -2.11. The van der Waals surface area contributed by atoms with E-state index in [0.29, 0.717) is 22.6 Å². The first-order valence-electron chi connectivity index (χ1n) is 9.75. The zero-order valence-corrected chi connectivity index (χ0v) is 18.1. The van der Waals surface area contributed by atoms with Gasteiger partial charge in [-0.1, -0.05) is 6.92 Å². The molecule has 0 radical (unpaired) electrons. The molecule has 0 amide bonds. The van der Waals surface area contributed by atoms with Gasteiger partial charge < -0.3 is 14.5 Å². The van der Waals surface area contributed by atoms with Crippen molar-refractivity contribution in [1.82, 2.24) is 24.9 Å². The topological polar surface area (TPSA) is 137 Å². The molecular weight excluding hydrogens is 434 g/mol. The fourth-order valence-electron chi connectivity index (χ4n) is 2.92. The summed E-state index contributed by atoms with van der Waals surface area (Å²) in [5.74, 6) is 0.317. The molecule has 3 aromatic heterocycles. The van der Waals surface area contributed by atoms with Crippen LogP contribution in [-0.2, 0) is 14.6 Å². The molecule has 0 aliphatic heterocycles. The van der Waals surface area contributed by atoms with Crippen LogP contribution in [0.4, 0.5) is 0 Å². The van der Waals surface area contributed by atoms with Crippen LogP contribution >= 0.6 is 0 Å². The molecule has 164 valence electrons. The maximum atomic E-state index is 12.5. The third-order valence-corrected chi connectivity index (χ3v) is 6.16. The number of esters is 1. The van der Waals surface area contributed by atoms with Crippen LogP contribution in [0.3, 0.4) is 0 Å². The van der Waals surface area contributed by atoms with Crippen molar-refractivity contribution in [1.29, 1.82) is 0 Å². The van der Waals surface area contributed by atoms with Gasteiger partial charge in [-0.3, -0.25) is 4.98 Å². The highest BCUT2D eigenvalue weighted by atomic mass is 32.2. The normalized spacial score (nSPS) is 11.4. The van der Waals surface area contributed by atoms with E-state index in [-0.39, 0.29) is 34.4 Å². The number of aromatic amines is 1. The summed E-state index contributed by atoms with van der Waals surface area (Å²) < 4.78 is 35.0. The first-order valence-corrected chi connectivity index (χ1v) is 11.4. The minimum atomic E-state index is -3.43. The molecule has 0 atom stereocenters. The molecule has 10 nitrogen and oxygen atoms in total. The minimum absolute atomic E-state index is 0.0457. The Labute approximate surface area is 183 Å². The van der Waals surface area contributed by atoms with Gasteiger partial charge in [-0.25, -0.2) is 28.2 Å². The monoisotopic (exact) mass is 453 g/mol. The molecule has 0 fully saturated rings. The summed E-state index contributed by atoms with van der Waals surface area (Å²) in [6.45, 7) is 3.43. The minimum Gasteiger partial charge on any atom is -0.462 e. The van der Waals surface area contributed by atoms with Crippen molar-refractivity contribution >= 4 is 26.8 Å². The number of aromatic nitrogens is 5. The number of carbonyl (C=O) groups excluding carboxylic acids is 1. The zero-order chi connectivity index (χ0) is 22.7. The number of nitrogens with one attached hydrogen (secondary N) is 1. The van der Waals surface area contributed by atoms with Crippen LogP contribution < -0.4 is 4.74 Å². The van der Waals surface area contributed by atoms with E-state index in [0.717, 1.165) is 0 Å². The molecule has 1 N–H and O–H groups in total. The second kappa shape index (κ2) is 8.71. The average Bonchev–Trinajstić information content (AvgIpc) is 3.23. The molecule has 0 aliphatic rings. The number of nitrogens with zero attached hydrogens (tertiary/aromatic N) is 4. The van der Waals surface area contributed by atoms with Crippen molar-refractivity contribution in [2.45, 2.75) is 18.9 Å². The van der Waals surface area contributed by atoms with Crippen molar-refractivity contribution in [3.05, 3.63) is 54.6 Å². The van der Waals surface area contributed by atoms with Crippen LogP contribution in [0.15, 0.2) is 54.1 Å². The highest BCUT2D eigenvalue weighted by molar-refractivity contribution is 7.91. The van der Waals surface area contributed by atoms with Gasteiger partial charge >= 0.3 is 5.97 Å². The molecule has 11 heteroatoms. The Hall–Kier alpha value is -3.86. The lowest BCUT2D eigenvalue weighted by Crippen LogP contribution is -2.07. The maximum Gasteiger partial charge on any atom is 0.342 e. The third kappa shape index (κ3) is 4.28. The SMILES string of the molecule is CCOC(=O)c1cc2nc(-c3cnccn3)[nH]c2cc1Oc1ccc(S(=O)(=O)CC)nc1. The molecule has 4 rings (SSSR count). The Bertz CT molecular complexity index is 1370. The number of rotatable bonds is 7. The van der Waals surface area contributed by atoms with Gasteiger partial charge in [0.25, 0.3) is 0 Å². The Kier molecular flexibility index (Phi) is 5.82. The van der Waals surface area contributed by atoms with Crippen molar-refractivity contribution < 1.29 is 22.7 Å². The first kappa shape index (κ1) is 21.4. The van der Waals surface area contributed by atoms with Gasteiger partial charge in [0.05, 0.1) is 35.8 Å². The van der Waals surface area contributed by atoms with E-state index >= 15 is 0 Å². The van der Waals surface area contributed by atoms with Crippen molar-refractivity contribution in [2.75, 3.05) is 12.4 Å². The number of sulfone groups is 1. The molecule has 0 saturated carbocycles. The molecule has 0 unspecified atom stereocenters. The number of pyridine rings is 1. The second-order valence-electron chi connectivity index (χ2n) is 6.60. The van der Waals surface area contributed by atoms with E-state index in [4.69, 9.17) is 9.47 Å². The summed E-state index contributed by atoms with van der Waals surface area (Å²) in [4.78, 5) is 32.4. The largest absolute Gasteiger partial charge is 0.462 e. The highest BCUT2D eigenvalue weighted by Crippen LogP contribution is 2.31. The Morgan fingerprint density at radius 3 is 2.59 bits per heavy atom. The fourth-order valence-corrected chi connectivity index (χ4v) is 3.70. The molecule has 0 bridgehead atoms. The Morgan fingerprint density at radius 1 is 1.09 bits per heavy atom. The summed E-state index contributed by atoms with van der Waals surface area (Å²) in [7, 11) is -3.43. The van der Waals surface area contributed by atoms with Gasteiger partial charge in [0.15, 0.2) is 20.7 Å². The van der Waals surface area contributed by atoms with Crippen LogP contribution in [0, 0.1) is 0 Å². The third-order valence-electron chi connectivity index (χ3n) is 4.52. The number of imidazole rings is 1. The average molecular weight is 453 g/mol. The van der Waals surface area contributed by atoms with Crippen molar-refractivity contribution in [3.63, 3.8) is 0 Å². The molecule has 4 aromatic rings. The van der Waals surface area contributed by atoms with Crippen molar-refractivity contribution in [3.8, 4) is 23.0 Å². The molecule has 0 aliphatic carbocycles. The van der Waals surface area contributed by atoms with Crippen LogP contribution in [0.2, 0.25) is 0 Å². The lowest BCUT2D eigenvalue weighted by molar-refractivity contribution is 0.0523. The van der Waals surface area contributed by atoms with E-state index in [1.165, 1.54) is 18.3 Å². The fraction of sp³-hybridized carbons (Fsp3) is 0.190. The van der Waals surface area contributed by atoms with E-state index in [2.05, 4.69) is 24.9 Å². The predicted molar refractivity (Wildman–Crippen MR) is 115 cm³/mol. The lowest BCUT2D eigenvalue weighted by atomic mass is 10.1. The molecule has 3 heterocycles. The molecule has 1 aromatic carbocycles. The number of hydrogen-bond acceptors (Lipinski definition) is 9. The van der Waals surface area contributed by atoms with E-state index in [1.807, 2.05) is 0 Å². The Morgan fingerprint density at radius 2 is 1.94 bits per heavy atom. The van der Waals surface area contributed by atoms with Crippen LogP contribution in [0.1, 0.15) is 24.2 Å². The standard InChI is InChI=1S/C21H19N5O5S/c1-3-30-21(27)14-9-15-16(26-20(25-15)17-12-22-7-8-23-17)10-18(14)31-13-5-6-19(24-11-13)32(28,29)4-2/h5-12H,3-4H2,1-2H3,(H,25,26). The molecule has 0 saturated heterocycles. The first-order chi connectivity index (χ1) is 15.4. The number of ether oxygens (including phenoxy) is 2. The van der Waals surface area contributed by atoms with Gasteiger partial charge in [-0.2, -0.15) is 0 Å². The van der Waals surface area contributed by atoms with E-state index in [9.17, 15) is 13.2 Å². The van der Waals surface area contributed by atoms with Gasteiger partial charge in [-0.05, 0) is 25.1 Å². The van der Waals surface area contributed by atoms with Crippen LogP contribution in [0.25, 0.3) is 22.6 Å². The smallest absolute Gasteiger partial charge is 0.342 e. The van der Waals surface area contributed by atoms with Crippen molar-refractivity contribution in [2.24, 2.45) is 0 Å². The maximum absolute atomic E-state index is 12.5. The predicted octanol–water partition coefficient (Wildman–Crippen LogP) is 3.18. The number of benzene rings is 1. The van der Waals surface area contributed by atoms with E-state index < -0.39 is 15.8 Å². The summed E-state index contributed by atoms with van der Waals surface area (Å²) >= 11 is 0. The van der Waals surface area contributed by atoms with E-state index in [1.54, 1.807) is 44.6 Å². The van der Waals surface area contributed by atoms with Gasteiger partial charge in [0, 0.05) is 18.5 Å². The molecular formula is C21H19N5O5S. The van der Waals surface area contributed by atoms with Gasteiger partial charge in [0.1, 0.15) is 22.8 Å². The van der Waals surface area contributed by atoms with Gasteiger partial charge in [-0.15, -0.1) is 0 Å². The molecule has 32 heavy (non-hydrogen) atoms. The number of carbonyl (C=O) groups is 1. The second-order valence-corrected chi connectivity index (χ2v) is 8.82. The number of H-pyrrole nitrogens is 1.